The predicted octanol–water partition coefficient (Wildman–Crippen LogP) is 3.01. The molecule has 2 aromatic heterocycles. The van der Waals surface area contributed by atoms with Crippen LogP contribution in [-0.4, -0.2) is 33.5 Å². The average Bonchev–Trinajstić information content (AvgIpc) is 3.20. The van der Waals surface area contributed by atoms with Crippen molar-refractivity contribution in [1.82, 2.24) is 19.7 Å². The molecule has 0 atom stereocenters. The van der Waals surface area contributed by atoms with E-state index < -0.39 is 0 Å². The Kier molecular flexibility index (Phi) is 5.04. The first-order valence-corrected chi connectivity index (χ1v) is 7.94. The van der Waals surface area contributed by atoms with Gasteiger partial charge in [0.1, 0.15) is 18.4 Å². The lowest BCUT2D eigenvalue weighted by Crippen LogP contribution is -2.04. The quantitative estimate of drug-likeness (QED) is 0.619. The van der Waals surface area contributed by atoms with Crippen LogP contribution in [0.4, 0.5) is 4.39 Å². The molecule has 0 N–H and O–H groups in total. The van der Waals surface area contributed by atoms with Gasteiger partial charge >= 0.3 is 0 Å². The second-order valence-electron chi connectivity index (χ2n) is 4.74. The van der Waals surface area contributed by atoms with Gasteiger partial charge in [-0.3, -0.25) is 0 Å². The zero-order chi connectivity index (χ0) is 16.1. The van der Waals surface area contributed by atoms with Gasteiger partial charge in [-0.15, -0.1) is 10.2 Å². The maximum atomic E-state index is 13.2. The SMILES string of the molecule is COCCn1cnnc1SCc1coc(-c2cccc(F)c2)n1. The van der Waals surface area contributed by atoms with Crippen LogP contribution in [0.1, 0.15) is 5.69 Å². The summed E-state index contributed by atoms with van der Waals surface area (Å²) in [5.74, 6) is 0.675. The number of aromatic nitrogens is 4. The molecule has 0 aliphatic heterocycles. The van der Waals surface area contributed by atoms with Crippen LogP contribution in [0.25, 0.3) is 11.5 Å². The number of hydrogen-bond donors (Lipinski definition) is 0. The molecule has 0 saturated carbocycles. The van der Waals surface area contributed by atoms with Crippen LogP contribution < -0.4 is 0 Å². The number of nitrogens with zero attached hydrogens (tertiary/aromatic N) is 4. The van der Waals surface area contributed by atoms with Gasteiger partial charge in [0.15, 0.2) is 5.16 Å². The first kappa shape index (κ1) is 15.7. The summed E-state index contributed by atoms with van der Waals surface area (Å²) in [5, 5.41) is 8.76. The number of oxazole rings is 1. The van der Waals surface area contributed by atoms with Gasteiger partial charge in [0.25, 0.3) is 0 Å². The lowest BCUT2D eigenvalue weighted by atomic mass is 10.2. The minimum absolute atomic E-state index is 0.317. The van der Waals surface area contributed by atoms with Crippen molar-refractivity contribution in [2.75, 3.05) is 13.7 Å². The van der Waals surface area contributed by atoms with Gasteiger partial charge in [-0.1, -0.05) is 17.8 Å². The summed E-state index contributed by atoms with van der Waals surface area (Å²) < 4.78 is 25.6. The fraction of sp³-hybridized carbons (Fsp3) is 0.267. The molecule has 2 heterocycles. The molecule has 0 saturated heterocycles. The third kappa shape index (κ3) is 3.96. The number of rotatable bonds is 7. The monoisotopic (exact) mass is 334 g/mol. The van der Waals surface area contributed by atoms with E-state index in [2.05, 4.69) is 15.2 Å². The van der Waals surface area contributed by atoms with Gasteiger partial charge in [-0.25, -0.2) is 9.37 Å². The molecule has 8 heteroatoms. The van der Waals surface area contributed by atoms with E-state index in [1.165, 1.54) is 23.9 Å². The standard InChI is InChI=1S/C15H15FN4O2S/c1-21-6-5-20-10-17-19-15(20)23-9-13-8-22-14(18-13)11-3-2-4-12(16)7-11/h2-4,7-8,10H,5-6,9H2,1H3. The number of benzene rings is 1. The van der Waals surface area contributed by atoms with Gasteiger partial charge < -0.3 is 13.7 Å². The van der Waals surface area contributed by atoms with E-state index in [1.807, 2.05) is 4.57 Å². The summed E-state index contributed by atoms with van der Waals surface area (Å²) in [7, 11) is 1.65. The Hall–Kier alpha value is -2.19. The van der Waals surface area contributed by atoms with Crippen molar-refractivity contribution in [3.63, 3.8) is 0 Å². The Bertz CT molecular complexity index is 774. The molecule has 0 unspecified atom stereocenters. The maximum absolute atomic E-state index is 13.2. The van der Waals surface area contributed by atoms with Gasteiger partial charge in [0, 0.05) is 25.0 Å². The molecule has 3 rings (SSSR count). The lowest BCUT2D eigenvalue weighted by molar-refractivity contribution is 0.184. The molecule has 6 nitrogen and oxygen atoms in total. The molecule has 0 spiro atoms. The van der Waals surface area contributed by atoms with Crippen LogP contribution in [-0.2, 0) is 17.0 Å². The Labute approximate surface area is 136 Å². The Balaban J connectivity index is 1.65. The molecule has 120 valence electrons. The Morgan fingerprint density at radius 3 is 3.13 bits per heavy atom. The highest BCUT2D eigenvalue weighted by atomic mass is 32.2. The topological polar surface area (TPSA) is 66.0 Å². The summed E-state index contributed by atoms with van der Waals surface area (Å²) >= 11 is 1.51. The average molecular weight is 334 g/mol. The van der Waals surface area contributed by atoms with Crippen LogP contribution in [0.15, 0.2) is 46.4 Å². The van der Waals surface area contributed by atoms with Crippen molar-refractivity contribution >= 4 is 11.8 Å². The number of halogens is 1. The number of ether oxygens (including phenoxy) is 1. The summed E-state index contributed by atoms with van der Waals surface area (Å²) in [6.07, 6.45) is 3.24. The summed E-state index contributed by atoms with van der Waals surface area (Å²) in [4.78, 5) is 4.38. The van der Waals surface area contributed by atoms with Crippen LogP contribution in [0.3, 0.4) is 0 Å². The molecule has 0 aliphatic rings. The van der Waals surface area contributed by atoms with Crippen LogP contribution >= 0.6 is 11.8 Å². The molecule has 1 aromatic carbocycles. The predicted molar refractivity (Wildman–Crippen MR) is 83.4 cm³/mol. The molecule has 23 heavy (non-hydrogen) atoms. The van der Waals surface area contributed by atoms with Gasteiger partial charge in [0.2, 0.25) is 5.89 Å². The first-order chi connectivity index (χ1) is 11.3. The molecule has 0 amide bonds. The van der Waals surface area contributed by atoms with Gasteiger partial charge in [-0.2, -0.15) is 0 Å². The summed E-state index contributed by atoms with van der Waals surface area (Å²) in [6, 6.07) is 6.16. The highest BCUT2D eigenvalue weighted by Crippen LogP contribution is 2.24. The first-order valence-electron chi connectivity index (χ1n) is 6.96. The molecule has 0 bridgehead atoms. The lowest BCUT2D eigenvalue weighted by Gasteiger charge is -2.03. The van der Waals surface area contributed by atoms with E-state index in [9.17, 15) is 4.39 Å². The zero-order valence-corrected chi connectivity index (χ0v) is 13.3. The van der Waals surface area contributed by atoms with E-state index in [-0.39, 0.29) is 5.82 Å². The molecule has 3 aromatic rings. The van der Waals surface area contributed by atoms with Crippen molar-refractivity contribution in [2.24, 2.45) is 0 Å². The second-order valence-corrected chi connectivity index (χ2v) is 5.69. The summed E-state index contributed by atoms with van der Waals surface area (Å²) in [6.45, 7) is 1.29. The van der Waals surface area contributed by atoms with Crippen molar-refractivity contribution < 1.29 is 13.5 Å². The minimum atomic E-state index is -0.317. The summed E-state index contributed by atoms with van der Waals surface area (Å²) in [5.41, 5.74) is 1.38. The highest BCUT2D eigenvalue weighted by Gasteiger charge is 2.10. The highest BCUT2D eigenvalue weighted by molar-refractivity contribution is 7.98. The van der Waals surface area contributed by atoms with E-state index in [4.69, 9.17) is 9.15 Å². The zero-order valence-electron chi connectivity index (χ0n) is 12.5. The fourth-order valence-electron chi connectivity index (χ4n) is 1.97. The van der Waals surface area contributed by atoms with Crippen molar-refractivity contribution in [2.45, 2.75) is 17.5 Å². The molecular weight excluding hydrogens is 319 g/mol. The third-order valence-corrected chi connectivity index (χ3v) is 4.10. The Morgan fingerprint density at radius 2 is 2.30 bits per heavy atom. The van der Waals surface area contributed by atoms with Crippen molar-refractivity contribution in [1.29, 1.82) is 0 Å². The van der Waals surface area contributed by atoms with E-state index >= 15 is 0 Å². The number of hydrogen-bond acceptors (Lipinski definition) is 6. The van der Waals surface area contributed by atoms with Crippen LogP contribution in [0, 0.1) is 5.82 Å². The number of thioether (sulfide) groups is 1. The fourth-order valence-corrected chi connectivity index (χ4v) is 2.78. The second kappa shape index (κ2) is 7.38. The largest absolute Gasteiger partial charge is 0.444 e. The van der Waals surface area contributed by atoms with Crippen molar-refractivity contribution in [3.05, 3.63) is 48.4 Å². The molecule has 0 fully saturated rings. The van der Waals surface area contributed by atoms with Gasteiger partial charge in [0.05, 0.1) is 12.3 Å². The molecule has 0 radical (unpaired) electrons. The number of methoxy groups -OCH3 is 1. The Morgan fingerprint density at radius 1 is 1.39 bits per heavy atom. The van der Waals surface area contributed by atoms with Crippen molar-refractivity contribution in [3.8, 4) is 11.5 Å². The smallest absolute Gasteiger partial charge is 0.226 e. The third-order valence-electron chi connectivity index (χ3n) is 3.09. The molecular formula is C15H15FN4O2S. The van der Waals surface area contributed by atoms with Crippen LogP contribution in [0.2, 0.25) is 0 Å². The maximum Gasteiger partial charge on any atom is 0.226 e. The van der Waals surface area contributed by atoms with Crippen LogP contribution in [0.5, 0.6) is 0 Å². The van der Waals surface area contributed by atoms with E-state index in [0.29, 0.717) is 30.4 Å². The van der Waals surface area contributed by atoms with E-state index in [0.717, 1.165) is 10.9 Å². The minimum Gasteiger partial charge on any atom is -0.444 e. The normalized spacial score (nSPS) is 11.0. The van der Waals surface area contributed by atoms with Gasteiger partial charge in [-0.05, 0) is 18.2 Å². The van der Waals surface area contributed by atoms with E-state index in [1.54, 1.807) is 31.8 Å². The molecule has 0 aliphatic carbocycles.